The van der Waals surface area contributed by atoms with Crippen molar-refractivity contribution >= 4 is 5.91 Å². The second kappa shape index (κ2) is 8.57. The minimum Gasteiger partial charge on any atom is -0.440 e. The molecule has 0 radical (unpaired) electrons. The molecule has 0 unspecified atom stereocenters. The van der Waals surface area contributed by atoms with Crippen molar-refractivity contribution in [3.8, 4) is 11.6 Å². The zero-order valence-corrected chi connectivity index (χ0v) is 16.8. The molecule has 1 aliphatic rings. The summed E-state index contributed by atoms with van der Waals surface area (Å²) in [7, 11) is 0. The molecule has 1 aliphatic heterocycles. The van der Waals surface area contributed by atoms with Crippen LogP contribution in [0.15, 0.2) is 35.1 Å². The first-order chi connectivity index (χ1) is 14.2. The highest BCUT2D eigenvalue weighted by molar-refractivity contribution is 5.79. The monoisotopic (exact) mass is 395 g/mol. The normalized spacial score (nSPS) is 13.5. The van der Waals surface area contributed by atoms with Gasteiger partial charge in [-0.25, -0.2) is 4.98 Å². The Morgan fingerprint density at radius 2 is 2.14 bits per heavy atom. The van der Waals surface area contributed by atoms with Crippen LogP contribution in [0.25, 0.3) is 11.6 Å². The molecule has 0 saturated carbocycles. The molecule has 8 nitrogen and oxygen atoms in total. The number of oxazole rings is 1. The van der Waals surface area contributed by atoms with E-state index in [4.69, 9.17) is 14.3 Å². The molecule has 29 heavy (non-hydrogen) atoms. The number of carbonyl (C=O) groups is 1. The summed E-state index contributed by atoms with van der Waals surface area (Å²) in [5.74, 6) is 1.33. The number of pyridine rings is 1. The highest BCUT2D eigenvalue weighted by atomic mass is 16.5. The van der Waals surface area contributed by atoms with Gasteiger partial charge in [0.2, 0.25) is 11.8 Å². The maximum atomic E-state index is 12.9. The third kappa shape index (κ3) is 4.22. The van der Waals surface area contributed by atoms with Crippen LogP contribution in [0.1, 0.15) is 29.5 Å². The number of carbonyl (C=O) groups excluding carboxylic acids is 1. The van der Waals surface area contributed by atoms with Crippen LogP contribution in [0.4, 0.5) is 0 Å². The van der Waals surface area contributed by atoms with E-state index in [1.165, 1.54) is 0 Å². The SMILES string of the molecule is CCOCCn1nc(-c2ncc(C)o2)c2c1CCN(C(=O)Cc1ccncc1)C2. The Morgan fingerprint density at radius 1 is 1.31 bits per heavy atom. The van der Waals surface area contributed by atoms with E-state index in [9.17, 15) is 4.79 Å². The number of ether oxygens (including phenoxy) is 1. The number of amides is 1. The first-order valence-electron chi connectivity index (χ1n) is 9.91. The predicted molar refractivity (Wildman–Crippen MR) is 106 cm³/mol. The number of fused-ring (bicyclic) bond motifs is 1. The minimum absolute atomic E-state index is 0.0958. The lowest BCUT2D eigenvalue weighted by molar-refractivity contribution is -0.131. The Kier molecular flexibility index (Phi) is 5.71. The van der Waals surface area contributed by atoms with E-state index in [0.29, 0.717) is 50.9 Å². The number of rotatable bonds is 7. The summed E-state index contributed by atoms with van der Waals surface area (Å²) in [6.07, 6.45) is 6.22. The molecule has 0 bridgehead atoms. The van der Waals surface area contributed by atoms with Crippen LogP contribution >= 0.6 is 0 Å². The Balaban J connectivity index is 1.59. The van der Waals surface area contributed by atoms with Crippen LogP contribution < -0.4 is 0 Å². The van der Waals surface area contributed by atoms with Crippen molar-refractivity contribution in [3.05, 3.63) is 53.3 Å². The number of nitrogens with zero attached hydrogens (tertiary/aromatic N) is 5. The molecule has 0 aromatic carbocycles. The van der Waals surface area contributed by atoms with E-state index in [1.54, 1.807) is 18.6 Å². The molecule has 4 rings (SSSR count). The second-order valence-corrected chi connectivity index (χ2v) is 7.07. The fraction of sp³-hybridized carbons (Fsp3) is 0.429. The van der Waals surface area contributed by atoms with Crippen molar-refractivity contribution < 1.29 is 13.9 Å². The average molecular weight is 395 g/mol. The summed E-state index contributed by atoms with van der Waals surface area (Å²) in [5, 5.41) is 4.76. The van der Waals surface area contributed by atoms with E-state index in [1.807, 2.05) is 35.6 Å². The number of aryl methyl sites for hydroxylation is 1. The summed E-state index contributed by atoms with van der Waals surface area (Å²) >= 11 is 0. The van der Waals surface area contributed by atoms with E-state index in [-0.39, 0.29) is 5.91 Å². The van der Waals surface area contributed by atoms with Crippen LogP contribution in [0.3, 0.4) is 0 Å². The third-order valence-corrected chi connectivity index (χ3v) is 5.07. The molecule has 3 aromatic rings. The van der Waals surface area contributed by atoms with Gasteiger partial charge in [-0.2, -0.15) is 5.10 Å². The molecule has 0 saturated heterocycles. The summed E-state index contributed by atoms with van der Waals surface area (Å²) in [5.41, 5.74) is 3.82. The van der Waals surface area contributed by atoms with Gasteiger partial charge in [-0.05, 0) is 31.5 Å². The molecular formula is C21H25N5O3. The summed E-state index contributed by atoms with van der Waals surface area (Å²) in [6.45, 7) is 6.95. The number of hydrogen-bond acceptors (Lipinski definition) is 6. The molecule has 152 valence electrons. The van der Waals surface area contributed by atoms with Crippen LogP contribution in [0, 0.1) is 6.92 Å². The summed E-state index contributed by atoms with van der Waals surface area (Å²) in [4.78, 5) is 23.1. The third-order valence-electron chi connectivity index (χ3n) is 5.07. The van der Waals surface area contributed by atoms with Gasteiger partial charge >= 0.3 is 0 Å². The maximum Gasteiger partial charge on any atom is 0.247 e. The minimum atomic E-state index is 0.0958. The zero-order chi connectivity index (χ0) is 20.2. The summed E-state index contributed by atoms with van der Waals surface area (Å²) < 4.78 is 13.2. The predicted octanol–water partition coefficient (Wildman–Crippen LogP) is 2.41. The van der Waals surface area contributed by atoms with Crippen LogP contribution in [0.5, 0.6) is 0 Å². The molecule has 8 heteroatoms. The molecule has 0 atom stereocenters. The lowest BCUT2D eigenvalue weighted by Crippen LogP contribution is -2.37. The maximum absolute atomic E-state index is 12.9. The Morgan fingerprint density at radius 3 is 2.86 bits per heavy atom. The molecule has 1 amide bonds. The Bertz CT molecular complexity index is 980. The molecule has 0 spiro atoms. The van der Waals surface area contributed by atoms with Crippen LogP contribution in [-0.4, -0.2) is 50.3 Å². The van der Waals surface area contributed by atoms with Crippen molar-refractivity contribution in [2.45, 2.75) is 39.8 Å². The average Bonchev–Trinajstić information content (AvgIpc) is 3.32. The van der Waals surface area contributed by atoms with Crippen molar-refractivity contribution in [2.75, 3.05) is 19.8 Å². The number of hydrogen-bond donors (Lipinski definition) is 0. The van der Waals surface area contributed by atoms with Gasteiger partial charge < -0.3 is 14.1 Å². The van der Waals surface area contributed by atoms with Crippen molar-refractivity contribution in [3.63, 3.8) is 0 Å². The van der Waals surface area contributed by atoms with Crippen molar-refractivity contribution in [1.82, 2.24) is 24.6 Å². The first-order valence-corrected chi connectivity index (χ1v) is 9.91. The largest absolute Gasteiger partial charge is 0.440 e. The van der Waals surface area contributed by atoms with E-state index in [0.717, 1.165) is 29.0 Å². The Labute approximate surface area is 169 Å². The lowest BCUT2D eigenvalue weighted by atomic mass is 10.0. The van der Waals surface area contributed by atoms with Crippen molar-refractivity contribution in [2.24, 2.45) is 0 Å². The molecular weight excluding hydrogens is 370 g/mol. The quantitative estimate of drug-likeness (QED) is 0.571. The molecule has 0 aliphatic carbocycles. The van der Waals surface area contributed by atoms with Gasteiger partial charge in [0.1, 0.15) is 5.76 Å². The van der Waals surface area contributed by atoms with E-state index < -0.39 is 0 Å². The van der Waals surface area contributed by atoms with E-state index >= 15 is 0 Å². The number of aromatic nitrogens is 4. The highest BCUT2D eigenvalue weighted by Gasteiger charge is 2.29. The van der Waals surface area contributed by atoms with Gasteiger partial charge in [-0.3, -0.25) is 14.5 Å². The van der Waals surface area contributed by atoms with Gasteiger partial charge in [0.15, 0.2) is 5.69 Å². The molecule has 3 aromatic heterocycles. The fourth-order valence-electron chi connectivity index (χ4n) is 3.61. The van der Waals surface area contributed by atoms with Crippen molar-refractivity contribution in [1.29, 1.82) is 0 Å². The molecule has 0 N–H and O–H groups in total. The van der Waals surface area contributed by atoms with Gasteiger partial charge in [-0.15, -0.1) is 0 Å². The standard InChI is InChI=1S/C21H25N5O3/c1-3-28-11-10-26-18-6-9-25(19(27)12-16-4-7-22-8-5-16)14-17(18)20(24-26)21-23-13-15(2)29-21/h4-5,7-8,13H,3,6,9-12,14H2,1-2H3. The van der Waals surface area contributed by atoms with Crippen LogP contribution in [0.2, 0.25) is 0 Å². The van der Waals surface area contributed by atoms with Crippen LogP contribution in [-0.2, 0) is 35.5 Å². The van der Waals surface area contributed by atoms with Gasteiger partial charge in [-0.1, -0.05) is 0 Å². The Hall–Kier alpha value is -3.00. The molecule has 4 heterocycles. The molecule has 0 fully saturated rings. The lowest BCUT2D eigenvalue weighted by Gasteiger charge is -2.28. The zero-order valence-electron chi connectivity index (χ0n) is 16.8. The van der Waals surface area contributed by atoms with Gasteiger partial charge in [0.25, 0.3) is 0 Å². The van der Waals surface area contributed by atoms with Gasteiger partial charge in [0.05, 0.1) is 25.8 Å². The topological polar surface area (TPSA) is 86.3 Å². The highest BCUT2D eigenvalue weighted by Crippen LogP contribution is 2.30. The first kappa shape index (κ1) is 19.3. The van der Waals surface area contributed by atoms with E-state index in [2.05, 4.69) is 9.97 Å². The second-order valence-electron chi connectivity index (χ2n) is 7.07. The summed E-state index contributed by atoms with van der Waals surface area (Å²) in [6, 6.07) is 3.75. The van der Waals surface area contributed by atoms with Gasteiger partial charge in [0, 0.05) is 49.8 Å². The smallest absolute Gasteiger partial charge is 0.247 e. The fourth-order valence-corrected chi connectivity index (χ4v) is 3.61.